The lowest BCUT2D eigenvalue weighted by molar-refractivity contribution is -0.108. The van der Waals surface area contributed by atoms with Crippen molar-refractivity contribution in [1.82, 2.24) is 0 Å². The zero-order chi connectivity index (χ0) is 14.6. The van der Waals surface area contributed by atoms with Crippen LogP contribution >= 0.6 is 0 Å². The van der Waals surface area contributed by atoms with Gasteiger partial charge < -0.3 is 9.53 Å². The van der Waals surface area contributed by atoms with Crippen molar-refractivity contribution in [3.05, 3.63) is 29.8 Å². The largest absolute Gasteiger partial charge is 0.494 e. The minimum atomic E-state index is -0.0350. The number of carbonyl (C=O) groups is 1. The van der Waals surface area contributed by atoms with Crippen molar-refractivity contribution in [3.8, 4) is 5.75 Å². The smallest absolute Gasteiger partial charge is 0.127 e. The monoisotopic (exact) mass is 276 g/mol. The van der Waals surface area contributed by atoms with E-state index in [1.807, 2.05) is 31.2 Å². The lowest BCUT2D eigenvalue weighted by Crippen LogP contribution is -1.98. The summed E-state index contributed by atoms with van der Waals surface area (Å²) in [5.74, 6) is 0.866. The van der Waals surface area contributed by atoms with Crippen LogP contribution in [0, 0.1) is 0 Å². The molecule has 1 aromatic rings. The standard InChI is InChI=1S/C18H28O2/c1-3-4-5-6-7-8-9-14-20-18-12-10-17(11-13-18)16(2)15-19/h10-13,15-16H,3-9,14H2,1-2H3. The van der Waals surface area contributed by atoms with Gasteiger partial charge in [-0.1, -0.05) is 64.5 Å². The van der Waals surface area contributed by atoms with Crippen LogP contribution in [0.3, 0.4) is 0 Å². The Kier molecular flexibility index (Phi) is 8.77. The summed E-state index contributed by atoms with van der Waals surface area (Å²) in [5, 5.41) is 0. The fourth-order valence-electron chi connectivity index (χ4n) is 2.20. The van der Waals surface area contributed by atoms with E-state index in [-0.39, 0.29) is 5.92 Å². The fraction of sp³-hybridized carbons (Fsp3) is 0.611. The van der Waals surface area contributed by atoms with Crippen LogP contribution in [0.1, 0.15) is 70.3 Å². The van der Waals surface area contributed by atoms with E-state index in [9.17, 15) is 4.79 Å². The lowest BCUT2D eigenvalue weighted by atomic mass is 10.0. The molecular weight excluding hydrogens is 248 g/mol. The Balaban J connectivity index is 2.11. The highest BCUT2D eigenvalue weighted by molar-refractivity contribution is 5.61. The van der Waals surface area contributed by atoms with Crippen molar-refractivity contribution in [1.29, 1.82) is 0 Å². The van der Waals surface area contributed by atoms with Crippen molar-refractivity contribution in [2.45, 2.75) is 64.7 Å². The van der Waals surface area contributed by atoms with Crippen molar-refractivity contribution in [3.63, 3.8) is 0 Å². The Morgan fingerprint density at radius 2 is 1.60 bits per heavy atom. The molecule has 0 aliphatic rings. The maximum absolute atomic E-state index is 10.7. The summed E-state index contributed by atoms with van der Waals surface area (Å²) in [5.41, 5.74) is 1.04. The van der Waals surface area contributed by atoms with E-state index in [0.717, 1.165) is 30.6 Å². The second kappa shape index (κ2) is 10.5. The number of rotatable bonds is 11. The number of benzene rings is 1. The molecule has 2 nitrogen and oxygen atoms in total. The van der Waals surface area contributed by atoms with Gasteiger partial charge in [0.25, 0.3) is 0 Å². The second-order valence-electron chi connectivity index (χ2n) is 5.46. The zero-order valence-electron chi connectivity index (χ0n) is 12.9. The molecular formula is C18H28O2. The van der Waals surface area contributed by atoms with Crippen LogP contribution in [0.2, 0.25) is 0 Å². The first-order valence-electron chi connectivity index (χ1n) is 7.96. The molecule has 20 heavy (non-hydrogen) atoms. The van der Waals surface area contributed by atoms with Gasteiger partial charge in [-0.2, -0.15) is 0 Å². The molecule has 0 saturated carbocycles. The van der Waals surface area contributed by atoms with E-state index in [0.29, 0.717) is 0 Å². The quantitative estimate of drug-likeness (QED) is 0.414. The third kappa shape index (κ3) is 6.74. The Morgan fingerprint density at radius 3 is 2.20 bits per heavy atom. The Hall–Kier alpha value is -1.31. The number of hydrogen-bond acceptors (Lipinski definition) is 2. The van der Waals surface area contributed by atoms with E-state index in [2.05, 4.69) is 6.92 Å². The molecule has 0 aliphatic heterocycles. The summed E-state index contributed by atoms with van der Waals surface area (Å²) >= 11 is 0. The van der Waals surface area contributed by atoms with E-state index >= 15 is 0 Å². The minimum Gasteiger partial charge on any atom is -0.494 e. The van der Waals surface area contributed by atoms with Crippen LogP contribution in [-0.4, -0.2) is 12.9 Å². The molecule has 0 aromatic heterocycles. The van der Waals surface area contributed by atoms with Gasteiger partial charge in [0, 0.05) is 5.92 Å². The maximum atomic E-state index is 10.7. The van der Waals surface area contributed by atoms with Crippen LogP contribution in [-0.2, 0) is 4.79 Å². The molecule has 0 amide bonds. The molecule has 2 heteroatoms. The first-order chi connectivity index (χ1) is 9.77. The predicted molar refractivity (Wildman–Crippen MR) is 84.4 cm³/mol. The molecule has 1 aromatic carbocycles. The topological polar surface area (TPSA) is 26.3 Å². The molecule has 0 spiro atoms. The summed E-state index contributed by atoms with van der Waals surface area (Å²) in [6, 6.07) is 7.85. The van der Waals surface area contributed by atoms with E-state index in [1.165, 1.54) is 38.5 Å². The molecule has 0 fully saturated rings. The molecule has 1 rings (SSSR count). The first kappa shape index (κ1) is 16.7. The molecule has 0 heterocycles. The summed E-state index contributed by atoms with van der Waals surface area (Å²) in [7, 11) is 0. The van der Waals surface area contributed by atoms with Gasteiger partial charge in [0.2, 0.25) is 0 Å². The molecule has 0 N–H and O–H groups in total. The molecule has 0 bridgehead atoms. The van der Waals surface area contributed by atoms with Gasteiger partial charge in [-0.15, -0.1) is 0 Å². The van der Waals surface area contributed by atoms with Crippen LogP contribution in [0.25, 0.3) is 0 Å². The van der Waals surface area contributed by atoms with Gasteiger partial charge in [0.05, 0.1) is 6.61 Å². The van der Waals surface area contributed by atoms with Crippen LogP contribution in [0.5, 0.6) is 5.75 Å². The number of ether oxygens (including phenoxy) is 1. The number of unbranched alkanes of at least 4 members (excludes halogenated alkanes) is 6. The lowest BCUT2D eigenvalue weighted by Gasteiger charge is -2.08. The van der Waals surface area contributed by atoms with Crippen molar-refractivity contribution >= 4 is 6.29 Å². The molecule has 0 radical (unpaired) electrons. The predicted octanol–water partition coefficient (Wildman–Crippen LogP) is 5.12. The average Bonchev–Trinajstić information content (AvgIpc) is 2.50. The Labute approximate surface area is 123 Å². The zero-order valence-corrected chi connectivity index (χ0v) is 12.9. The number of aldehydes is 1. The molecule has 0 saturated heterocycles. The molecule has 112 valence electrons. The van der Waals surface area contributed by atoms with Crippen molar-refractivity contribution in [2.75, 3.05) is 6.61 Å². The number of hydrogen-bond donors (Lipinski definition) is 0. The van der Waals surface area contributed by atoms with Gasteiger partial charge in [0.15, 0.2) is 0 Å². The second-order valence-corrected chi connectivity index (χ2v) is 5.46. The molecule has 1 unspecified atom stereocenters. The van der Waals surface area contributed by atoms with Crippen LogP contribution in [0.4, 0.5) is 0 Å². The van der Waals surface area contributed by atoms with Crippen LogP contribution in [0.15, 0.2) is 24.3 Å². The highest BCUT2D eigenvalue weighted by Gasteiger charge is 2.03. The van der Waals surface area contributed by atoms with E-state index in [4.69, 9.17) is 4.74 Å². The minimum absolute atomic E-state index is 0.0350. The van der Waals surface area contributed by atoms with E-state index < -0.39 is 0 Å². The SMILES string of the molecule is CCCCCCCCCOc1ccc(C(C)C=O)cc1. The first-order valence-corrected chi connectivity index (χ1v) is 7.96. The average molecular weight is 276 g/mol. The van der Waals surface area contributed by atoms with Gasteiger partial charge >= 0.3 is 0 Å². The Bertz CT molecular complexity index is 356. The highest BCUT2D eigenvalue weighted by atomic mass is 16.5. The van der Waals surface area contributed by atoms with Crippen molar-refractivity contribution < 1.29 is 9.53 Å². The van der Waals surface area contributed by atoms with Gasteiger partial charge in [0.1, 0.15) is 12.0 Å². The maximum Gasteiger partial charge on any atom is 0.127 e. The molecule has 1 atom stereocenters. The van der Waals surface area contributed by atoms with Gasteiger partial charge in [-0.3, -0.25) is 0 Å². The fourth-order valence-corrected chi connectivity index (χ4v) is 2.20. The molecule has 0 aliphatic carbocycles. The third-order valence-electron chi connectivity index (χ3n) is 3.63. The van der Waals surface area contributed by atoms with Crippen LogP contribution < -0.4 is 4.74 Å². The van der Waals surface area contributed by atoms with Gasteiger partial charge in [-0.05, 0) is 24.1 Å². The summed E-state index contributed by atoms with van der Waals surface area (Å²) in [6.07, 6.45) is 10.1. The number of carbonyl (C=O) groups excluding carboxylic acids is 1. The normalized spacial score (nSPS) is 12.1. The van der Waals surface area contributed by atoms with E-state index in [1.54, 1.807) is 0 Å². The summed E-state index contributed by atoms with van der Waals surface area (Å²) in [4.78, 5) is 10.7. The van der Waals surface area contributed by atoms with Crippen molar-refractivity contribution in [2.24, 2.45) is 0 Å². The van der Waals surface area contributed by atoms with Gasteiger partial charge in [-0.25, -0.2) is 0 Å². The summed E-state index contributed by atoms with van der Waals surface area (Å²) < 4.78 is 5.71. The highest BCUT2D eigenvalue weighted by Crippen LogP contribution is 2.18. The Morgan fingerprint density at radius 1 is 1.00 bits per heavy atom. The third-order valence-corrected chi connectivity index (χ3v) is 3.63. The summed E-state index contributed by atoms with van der Waals surface area (Å²) in [6.45, 7) is 4.94.